The number of rotatable bonds is 3. The Kier molecular flexibility index (Phi) is 6.90. The van der Waals surface area contributed by atoms with Gasteiger partial charge in [0.25, 0.3) is 6.47 Å². The number of carbonyl (C=O) groups is 1. The van der Waals surface area contributed by atoms with Gasteiger partial charge in [-0.15, -0.1) is 0 Å². The van der Waals surface area contributed by atoms with Crippen molar-refractivity contribution < 1.29 is 23.4 Å². The van der Waals surface area contributed by atoms with E-state index >= 15 is 0 Å². The molecule has 1 saturated heterocycles. The van der Waals surface area contributed by atoms with E-state index in [0.717, 1.165) is 19.4 Å². The topological polar surface area (TPSA) is 58.6 Å². The first-order valence-electron chi connectivity index (χ1n) is 7.22. The van der Waals surface area contributed by atoms with Crippen molar-refractivity contribution in [2.45, 2.75) is 51.9 Å². The van der Waals surface area contributed by atoms with Gasteiger partial charge in [-0.05, 0) is 40.2 Å². The summed E-state index contributed by atoms with van der Waals surface area (Å²) in [5, 5.41) is 11.9. The van der Waals surface area contributed by atoms with Gasteiger partial charge < -0.3 is 15.2 Å². The van der Waals surface area contributed by atoms with Gasteiger partial charge in [0.1, 0.15) is 5.60 Å². The van der Waals surface area contributed by atoms with Gasteiger partial charge in [0.2, 0.25) is 0 Å². The van der Waals surface area contributed by atoms with Crippen molar-refractivity contribution in [3.8, 4) is 0 Å². The Hall–Kier alpha value is -1.53. The van der Waals surface area contributed by atoms with Gasteiger partial charge >= 0.3 is 0 Å². The minimum absolute atomic E-state index is 0.00856. The summed E-state index contributed by atoms with van der Waals surface area (Å²) >= 11 is 0. The van der Waals surface area contributed by atoms with Crippen LogP contribution in [0, 0.1) is 11.6 Å². The van der Waals surface area contributed by atoms with Crippen LogP contribution < -0.4 is 5.32 Å². The SMILES string of the molecule is CC(C)(C)OC=O.OCc1ccc(C2CCCN2)c(F)c1F. The summed E-state index contributed by atoms with van der Waals surface area (Å²) in [5.74, 6) is -1.76. The summed E-state index contributed by atoms with van der Waals surface area (Å²) in [5.41, 5.74) is 0.0540. The van der Waals surface area contributed by atoms with Crippen molar-refractivity contribution in [2.75, 3.05) is 6.54 Å². The number of halogens is 2. The molecule has 0 spiro atoms. The van der Waals surface area contributed by atoms with Crippen LogP contribution in [-0.4, -0.2) is 23.7 Å². The molecule has 1 aromatic carbocycles. The number of benzene rings is 1. The smallest absolute Gasteiger partial charge is 0.293 e. The summed E-state index contributed by atoms with van der Waals surface area (Å²) in [6.07, 6.45) is 1.81. The number of aliphatic hydroxyl groups is 1. The van der Waals surface area contributed by atoms with Crippen molar-refractivity contribution in [2.24, 2.45) is 0 Å². The first-order chi connectivity index (χ1) is 10.3. The highest BCUT2D eigenvalue weighted by molar-refractivity contribution is 5.37. The molecule has 1 aromatic rings. The van der Waals surface area contributed by atoms with E-state index in [0.29, 0.717) is 12.0 Å². The third kappa shape index (κ3) is 5.35. The predicted molar refractivity (Wildman–Crippen MR) is 79.2 cm³/mol. The Morgan fingerprint density at radius 3 is 2.45 bits per heavy atom. The van der Waals surface area contributed by atoms with Gasteiger partial charge in [-0.2, -0.15) is 0 Å². The third-order valence-electron chi connectivity index (χ3n) is 3.20. The summed E-state index contributed by atoms with van der Waals surface area (Å²) in [4.78, 5) is 9.60. The lowest BCUT2D eigenvalue weighted by Crippen LogP contribution is -2.17. The molecule has 4 nitrogen and oxygen atoms in total. The van der Waals surface area contributed by atoms with Crippen LogP contribution in [0.15, 0.2) is 12.1 Å². The zero-order valence-electron chi connectivity index (χ0n) is 13.2. The highest BCUT2D eigenvalue weighted by Gasteiger charge is 2.22. The minimum atomic E-state index is -0.927. The first-order valence-corrected chi connectivity index (χ1v) is 7.22. The fraction of sp³-hybridized carbons (Fsp3) is 0.562. The van der Waals surface area contributed by atoms with Gasteiger partial charge in [0.15, 0.2) is 11.6 Å². The van der Waals surface area contributed by atoms with Gasteiger partial charge in [-0.1, -0.05) is 12.1 Å². The molecular weight excluding hydrogens is 292 g/mol. The standard InChI is InChI=1S/C11H13F2NO.C5H10O2/c12-10-7(6-15)3-4-8(11(10)13)9-2-1-5-14-9;1-5(2,3)7-4-6/h3-4,9,14-15H,1-2,5-6H2;4H,1-3H3. The van der Waals surface area contributed by atoms with Crippen LogP contribution in [0.1, 0.15) is 50.8 Å². The van der Waals surface area contributed by atoms with E-state index in [4.69, 9.17) is 5.11 Å². The van der Waals surface area contributed by atoms with Crippen molar-refractivity contribution in [1.29, 1.82) is 0 Å². The lowest BCUT2D eigenvalue weighted by Gasteiger charge is -2.14. The average Bonchev–Trinajstić information content (AvgIpc) is 2.95. The molecule has 1 aliphatic heterocycles. The maximum atomic E-state index is 13.6. The van der Waals surface area contributed by atoms with E-state index in [1.165, 1.54) is 6.07 Å². The molecule has 1 aliphatic rings. The monoisotopic (exact) mass is 315 g/mol. The van der Waals surface area contributed by atoms with E-state index in [1.54, 1.807) is 6.07 Å². The molecule has 6 heteroatoms. The van der Waals surface area contributed by atoms with Gasteiger partial charge in [-0.3, -0.25) is 4.79 Å². The van der Waals surface area contributed by atoms with E-state index in [1.807, 2.05) is 20.8 Å². The number of hydrogen-bond acceptors (Lipinski definition) is 4. The Morgan fingerprint density at radius 2 is 2.05 bits per heavy atom. The van der Waals surface area contributed by atoms with Crippen LogP contribution in [0.2, 0.25) is 0 Å². The molecule has 1 heterocycles. The Bertz CT molecular complexity index is 495. The average molecular weight is 315 g/mol. The number of aliphatic hydroxyl groups excluding tert-OH is 1. The van der Waals surface area contributed by atoms with Crippen LogP contribution >= 0.6 is 0 Å². The molecule has 0 aliphatic carbocycles. The fourth-order valence-electron chi connectivity index (χ4n) is 2.09. The van der Waals surface area contributed by atoms with E-state index < -0.39 is 18.2 Å². The number of nitrogens with one attached hydrogen (secondary N) is 1. The predicted octanol–water partition coefficient (Wildman–Crippen LogP) is 2.84. The Balaban J connectivity index is 0.000000295. The minimum Gasteiger partial charge on any atom is -0.462 e. The normalized spacial score (nSPS) is 17.6. The fourth-order valence-corrected chi connectivity index (χ4v) is 2.09. The van der Waals surface area contributed by atoms with Crippen molar-refractivity contribution in [3.63, 3.8) is 0 Å². The second kappa shape index (κ2) is 8.19. The molecule has 1 atom stereocenters. The molecule has 2 rings (SSSR count). The number of ether oxygens (including phenoxy) is 1. The second-order valence-corrected chi connectivity index (χ2v) is 6.08. The van der Waals surface area contributed by atoms with Crippen LogP contribution in [0.25, 0.3) is 0 Å². The lowest BCUT2D eigenvalue weighted by atomic mass is 10.0. The van der Waals surface area contributed by atoms with E-state index in [-0.39, 0.29) is 17.2 Å². The summed E-state index contributed by atoms with van der Waals surface area (Å²) in [6.45, 7) is 6.29. The largest absolute Gasteiger partial charge is 0.462 e. The van der Waals surface area contributed by atoms with Gasteiger partial charge in [-0.25, -0.2) is 8.78 Å². The highest BCUT2D eigenvalue weighted by Crippen LogP contribution is 2.27. The molecule has 0 radical (unpaired) electrons. The summed E-state index contributed by atoms with van der Waals surface area (Å²) < 4.78 is 31.5. The quantitative estimate of drug-likeness (QED) is 0.842. The molecule has 1 fully saturated rings. The Morgan fingerprint density at radius 1 is 1.36 bits per heavy atom. The molecular formula is C16H23F2NO3. The first kappa shape index (κ1) is 18.5. The van der Waals surface area contributed by atoms with Crippen LogP contribution in [-0.2, 0) is 16.1 Å². The Labute approximate surface area is 129 Å². The summed E-state index contributed by atoms with van der Waals surface area (Å²) in [7, 11) is 0. The maximum absolute atomic E-state index is 13.6. The third-order valence-corrected chi connectivity index (χ3v) is 3.20. The maximum Gasteiger partial charge on any atom is 0.293 e. The molecule has 0 aromatic heterocycles. The van der Waals surface area contributed by atoms with E-state index in [2.05, 4.69) is 10.1 Å². The van der Waals surface area contributed by atoms with E-state index in [9.17, 15) is 13.6 Å². The zero-order chi connectivity index (χ0) is 16.8. The van der Waals surface area contributed by atoms with Crippen LogP contribution in [0.4, 0.5) is 8.78 Å². The highest BCUT2D eigenvalue weighted by atomic mass is 19.2. The van der Waals surface area contributed by atoms with Gasteiger partial charge in [0, 0.05) is 17.2 Å². The second-order valence-electron chi connectivity index (χ2n) is 6.08. The van der Waals surface area contributed by atoms with Crippen molar-refractivity contribution in [3.05, 3.63) is 34.9 Å². The molecule has 124 valence electrons. The molecule has 2 N–H and O–H groups in total. The molecule has 0 bridgehead atoms. The number of hydrogen-bond donors (Lipinski definition) is 2. The van der Waals surface area contributed by atoms with Gasteiger partial charge in [0.05, 0.1) is 6.61 Å². The lowest BCUT2D eigenvalue weighted by molar-refractivity contribution is -0.138. The van der Waals surface area contributed by atoms with Crippen molar-refractivity contribution in [1.82, 2.24) is 5.32 Å². The zero-order valence-corrected chi connectivity index (χ0v) is 13.2. The number of carbonyl (C=O) groups excluding carboxylic acids is 1. The molecule has 0 amide bonds. The molecule has 0 saturated carbocycles. The molecule has 22 heavy (non-hydrogen) atoms. The van der Waals surface area contributed by atoms with Crippen LogP contribution in [0.3, 0.4) is 0 Å². The summed E-state index contributed by atoms with van der Waals surface area (Å²) in [6, 6.07) is 2.90. The van der Waals surface area contributed by atoms with Crippen molar-refractivity contribution >= 4 is 6.47 Å². The van der Waals surface area contributed by atoms with Crippen LogP contribution in [0.5, 0.6) is 0 Å². The molecule has 1 unspecified atom stereocenters.